The van der Waals surface area contributed by atoms with E-state index >= 15 is 0 Å². The first kappa shape index (κ1) is 20.7. The smallest absolute Gasteiger partial charge is 0.242 e. The molecule has 2 amide bonds. The molecule has 2 aromatic carbocycles. The molecule has 1 atom stereocenters. The zero-order chi connectivity index (χ0) is 19.6. The number of carbonyl (C=O) groups is 2. The van der Waals surface area contributed by atoms with Crippen molar-refractivity contribution in [1.29, 1.82) is 0 Å². The molecule has 27 heavy (non-hydrogen) atoms. The van der Waals surface area contributed by atoms with Gasteiger partial charge < -0.3 is 10.2 Å². The Morgan fingerprint density at radius 3 is 2.37 bits per heavy atom. The second-order valence-electron chi connectivity index (χ2n) is 6.90. The van der Waals surface area contributed by atoms with Gasteiger partial charge in [-0.25, -0.2) is 0 Å². The Kier molecular flexibility index (Phi) is 8.05. The van der Waals surface area contributed by atoms with Gasteiger partial charge in [-0.05, 0) is 43.4 Å². The average molecular weight is 367 g/mol. The number of rotatable bonds is 9. The van der Waals surface area contributed by atoms with E-state index in [0.717, 1.165) is 23.1 Å². The number of aryl methyl sites for hydroxylation is 2. The van der Waals surface area contributed by atoms with E-state index in [1.165, 1.54) is 0 Å². The molecule has 0 unspecified atom stereocenters. The third-order valence-corrected chi connectivity index (χ3v) is 4.79. The highest BCUT2D eigenvalue weighted by atomic mass is 16.2. The summed E-state index contributed by atoms with van der Waals surface area (Å²) in [6, 6.07) is 17.5. The van der Waals surface area contributed by atoms with Crippen molar-refractivity contribution in [3.8, 4) is 0 Å². The van der Waals surface area contributed by atoms with Crippen LogP contribution < -0.4 is 5.32 Å². The Bertz CT molecular complexity index is 743. The van der Waals surface area contributed by atoms with Crippen LogP contribution in [-0.2, 0) is 22.6 Å². The van der Waals surface area contributed by atoms with Crippen LogP contribution in [0.4, 0.5) is 0 Å². The van der Waals surface area contributed by atoms with E-state index in [0.29, 0.717) is 25.9 Å². The summed E-state index contributed by atoms with van der Waals surface area (Å²) < 4.78 is 0. The van der Waals surface area contributed by atoms with E-state index < -0.39 is 6.04 Å². The van der Waals surface area contributed by atoms with Gasteiger partial charge in [-0.3, -0.25) is 9.59 Å². The van der Waals surface area contributed by atoms with Gasteiger partial charge >= 0.3 is 0 Å². The fraction of sp³-hybridized carbons (Fsp3) is 0.391. The Morgan fingerprint density at radius 2 is 1.70 bits per heavy atom. The molecule has 0 aliphatic heterocycles. The summed E-state index contributed by atoms with van der Waals surface area (Å²) >= 11 is 0. The van der Waals surface area contributed by atoms with Gasteiger partial charge in [-0.2, -0.15) is 0 Å². The number of hydrogen-bond acceptors (Lipinski definition) is 2. The van der Waals surface area contributed by atoms with Crippen molar-refractivity contribution in [3.63, 3.8) is 0 Å². The number of benzene rings is 2. The second kappa shape index (κ2) is 10.5. The minimum Gasteiger partial charge on any atom is -0.354 e. The van der Waals surface area contributed by atoms with Gasteiger partial charge in [-0.1, -0.05) is 61.5 Å². The molecule has 0 saturated heterocycles. The van der Waals surface area contributed by atoms with Crippen LogP contribution in [-0.4, -0.2) is 29.3 Å². The minimum atomic E-state index is -0.501. The molecule has 1 N–H and O–H groups in total. The first-order valence-electron chi connectivity index (χ1n) is 9.68. The average Bonchev–Trinajstić information content (AvgIpc) is 2.70. The van der Waals surface area contributed by atoms with E-state index in [1.807, 2.05) is 75.4 Å². The summed E-state index contributed by atoms with van der Waals surface area (Å²) in [6.07, 6.45) is 1.94. The van der Waals surface area contributed by atoms with Gasteiger partial charge in [0.2, 0.25) is 11.8 Å². The standard InChI is InChI=1S/C23H30N2O2/c1-4-16-24-23(27)19(3)25(17-21-13-9-8-10-18(21)2)22(26)15-14-20-11-6-5-7-12-20/h5-13,19H,4,14-17H2,1-3H3,(H,24,27)/t19-/m0/s1. The van der Waals surface area contributed by atoms with Crippen molar-refractivity contribution in [3.05, 3.63) is 71.3 Å². The maximum Gasteiger partial charge on any atom is 0.242 e. The van der Waals surface area contributed by atoms with Gasteiger partial charge in [0.05, 0.1) is 0 Å². The maximum absolute atomic E-state index is 13.0. The van der Waals surface area contributed by atoms with Crippen molar-refractivity contribution < 1.29 is 9.59 Å². The quantitative estimate of drug-likeness (QED) is 0.732. The zero-order valence-electron chi connectivity index (χ0n) is 16.6. The van der Waals surface area contributed by atoms with Gasteiger partial charge in [0.25, 0.3) is 0 Å². The lowest BCUT2D eigenvalue weighted by Gasteiger charge is -2.29. The molecule has 0 spiro atoms. The lowest BCUT2D eigenvalue weighted by atomic mass is 10.1. The van der Waals surface area contributed by atoms with Crippen LogP contribution >= 0.6 is 0 Å². The molecule has 4 heteroatoms. The Morgan fingerprint density at radius 1 is 1.04 bits per heavy atom. The highest BCUT2D eigenvalue weighted by Gasteiger charge is 2.26. The predicted molar refractivity (Wildman–Crippen MR) is 109 cm³/mol. The molecule has 0 aliphatic rings. The molecule has 0 saturated carbocycles. The fourth-order valence-corrected chi connectivity index (χ4v) is 2.99. The second-order valence-corrected chi connectivity index (χ2v) is 6.90. The largest absolute Gasteiger partial charge is 0.354 e. The fourth-order valence-electron chi connectivity index (χ4n) is 2.99. The molecule has 0 heterocycles. The summed E-state index contributed by atoms with van der Waals surface area (Å²) in [5.74, 6) is -0.0975. The SMILES string of the molecule is CCCNC(=O)[C@H](C)N(Cc1ccccc1C)C(=O)CCc1ccccc1. The van der Waals surface area contributed by atoms with Crippen molar-refractivity contribution in [2.45, 2.75) is 52.6 Å². The van der Waals surface area contributed by atoms with E-state index in [4.69, 9.17) is 0 Å². The molecule has 0 fully saturated rings. The predicted octanol–water partition coefficient (Wildman–Crippen LogP) is 3.87. The van der Waals surface area contributed by atoms with Crippen molar-refractivity contribution in [2.24, 2.45) is 0 Å². The summed E-state index contributed by atoms with van der Waals surface area (Å²) in [4.78, 5) is 27.2. The molecule has 0 aliphatic carbocycles. The number of hydrogen-bond donors (Lipinski definition) is 1. The first-order valence-corrected chi connectivity index (χ1v) is 9.68. The van der Waals surface area contributed by atoms with Gasteiger partial charge in [0.15, 0.2) is 0 Å². The van der Waals surface area contributed by atoms with Crippen LogP contribution in [0.25, 0.3) is 0 Å². The molecule has 0 radical (unpaired) electrons. The van der Waals surface area contributed by atoms with Crippen LogP contribution in [0.3, 0.4) is 0 Å². The molecular weight excluding hydrogens is 336 g/mol. The number of nitrogens with zero attached hydrogens (tertiary/aromatic N) is 1. The van der Waals surface area contributed by atoms with Gasteiger partial charge in [0, 0.05) is 19.5 Å². The van der Waals surface area contributed by atoms with E-state index in [-0.39, 0.29) is 11.8 Å². The highest BCUT2D eigenvalue weighted by molar-refractivity contribution is 5.87. The van der Waals surface area contributed by atoms with E-state index in [2.05, 4.69) is 5.32 Å². The Labute approximate surface area is 162 Å². The van der Waals surface area contributed by atoms with Crippen molar-refractivity contribution >= 4 is 11.8 Å². The summed E-state index contributed by atoms with van der Waals surface area (Å²) in [6.45, 7) is 6.93. The lowest BCUT2D eigenvalue weighted by molar-refractivity contribution is -0.140. The molecule has 2 aromatic rings. The molecule has 144 valence electrons. The Hall–Kier alpha value is -2.62. The van der Waals surface area contributed by atoms with E-state index in [1.54, 1.807) is 4.90 Å². The molecule has 0 bridgehead atoms. The first-order chi connectivity index (χ1) is 13.0. The molecule has 2 rings (SSSR count). The van der Waals surface area contributed by atoms with Gasteiger partial charge in [-0.15, -0.1) is 0 Å². The third kappa shape index (κ3) is 6.24. The van der Waals surface area contributed by atoms with Crippen LogP contribution in [0, 0.1) is 6.92 Å². The lowest BCUT2D eigenvalue weighted by Crippen LogP contribution is -2.47. The zero-order valence-corrected chi connectivity index (χ0v) is 16.6. The topological polar surface area (TPSA) is 49.4 Å². The number of amides is 2. The summed E-state index contributed by atoms with van der Waals surface area (Å²) in [7, 11) is 0. The van der Waals surface area contributed by atoms with Crippen molar-refractivity contribution in [2.75, 3.05) is 6.54 Å². The molecule has 4 nitrogen and oxygen atoms in total. The highest BCUT2D eigenvalue weighted by Crippen LogP contribution is 2.15. The van der Waals surface area contributed by atoms with E-state index in [9.17, 15) is 9.59 Å². The van der Waals surface area contributed by atoms with Crippen LogP contribution in [0.15, 0.2) is 54.6 Å². The Balaban J connectivity index is 2.13. The number of nitrogens with one attached hydrogen (secondary N) is 1. The third-order valence-electron chi connectivity index (χ3n) is 4.79. The van der Waals surface area contributed by atoms with Crippen LogP contribution in [0.1, 0.15) is 43.4 Å². The van der Waals surface area contributed by atoms with Gasteiger partial charge in [0.1, 0.15) is 6.04 Å². The van der Waals surface area contributed by atoms with Crippen molar-refractivity contribution in [1.82, 2.24) is 10.2 Å². The summed E-state index contributed by atoms with van der Waals surface area (Å²) in [5.41, 5.74) is 3.32. The van der Waals surface area contributed by atoms with Crippen LogP contribution in [0.2, 0.25) is 0 Å². The molecular formula is C23H30N2O2. The maximum atomic E-state index is 13.0. The number of carbonyl (C=O) groups excluding carboxylic acids is 2. The minimum absolute atomic E-state index is 0.00116. The normalized spacial score (nSPS) is 11.7. The molecule has 0 aromatic heterocycles. The van der Waals surface area contributed by atoms with Crippen LogP contribution in [0.5, 0.6) is 0 Å². The monoisotopic (exact) mass is 366 g/mol. The summed E-state index contributed by atoms with van der Waals surface area (Å²) in [5, 5.41) is 2.91.